The van der Waals surface area contributed by atoms with Gasteiger partial charge in [0.05, 0.1) is 25.7 Å². The molecule has 0 saturated carbocycles. The molecule has 40 heavy (non-hydrogen) atoms. The number of morpholine rings is 1. The molecule has 1 heterocycles. The smallest absolute Gasteiger partial charge is 0.408 e. The van der Waals surface area contributed by atoms with Gasteiger partial charge in [0.15, 0.2) is 5.96 Å². The minimum absolute atomic E-state index is 0. The summed E-state index contributed by atoms with van der Waals surface area (Å²) in [5.41, 5.74) is 6.30. The van der Waals surface area contributed by atoms with Crippen LogP contribution in [-0.4, -0.2) is 97.7 Å². The minimum Gasteiger partial charge on any atom is -0.465 e. The number of amides is 3. The maximum Gasteiger partial charge on any atom is 0.408 e. The average Bonchev–Trinajstić information content (AvgIpc) is 2.93. The maximum atomic E-state index is 13.5. The monoisotopic (exact) mass is 584 g/mol. The molecule has 5 N–H and O–H groups in total. The number of unbranched alkanes of at least 4 members (excludes halogenated alkanes) is 1. The number of alkyl carbamates (subject to hydrolysis) is 1. The number of nitrogens with two attached hydrogens (primary N) is 1. The predicted molar refractivity (Wildman–Crippen MR) is 150 cm³/mol. The fraction of sp³-hybridized carbons (Fsp3) is 0.577. The third-order valence-corrected chi connectivity index (χ3v) is 5.92. The summed E-state index contributed by atoms with van der Waals surface area (Å²) < 4.78 is 15.9. The molecule has 2 rings (SSSR count). The molecule has 0 spiro atoms. The second kappa shape index (κ2) is 18.7. The topological polar surface area (TPSA) is 176 Å². The van der Waals surface area contributed by atoms with Gasteiger partial charge in [-0.25, -0.2) is 4.79 Å². The highest BCUT2D eigenvalue weighted by atomic mass is 35.5. The van der Waals surface area contributed by atoms with Crippen molar-refractivity contribution in [3.63, 3.8) is 0 Å². The van der Waals surface area contributed by atoms with Crippen molar-refractivity contribution in [2.75, 3.05) is 45.9 Å². The SMILES string of the molecule is CCCCN(CC(=O)OCC)C(=O)[C@H](CC(=O)NCC1CN(C(=N)N)CCO1)NC(=O)OCc1ccccc1.Cl. The van der Waals surface area contributed by atoms with Crippen molar-refractivity contribution in [3.05, 3.63) is 35.9 Å². The highest BCUT2D eigenvalue weighted by molar-refractivity contribution is 5.92. The van der Waals surface area contributed by atoms with Crippen LogP contribution >= 0.6 is 12.4 Å². The highest BCUT2D eigenvalue weighted by Crippen LogP contribution is 2.08. The van der Waals surface area contributed by atoms with Crippen LogP contribution in [0, 0.1) is 5.41 Å². The van der Waals surface area contributed by atoms with Gasteiger partial charge in [0.25, 0.3) is 0 Å². The van der Waals surface area contributed by atoms with Crippen molar-refractivity contribution in [1.82, 2.24) is 20.4 Å². The first-order chi connectivity index (χ1) is 18.7. The van der Waals surface area contributed by atoms with E-state index in [1.165, 1.54) is 4.90 Å². The molecule has 1 saturated heterocycles. The standard InChI is InChI=1S/C26H40N6O7.ClH/c1-3-5-11-31(17-23(34)37-4-2)24(35)21(30-26(36)39-18-19-9-7-6-8-10-19)14-22(33)29-15-20-16-32(25(27)28)12-13-38-20;/h6-10,20-21H,3-5,11-18H2,1-2H3,(H3,27,28)(H,29,33)(H,30,36);1H/t20?,21-;/m0./s1. The second-order valence-electron chi connectivity index (χ2n) is 9.01. The largest absolute Gasteiger partial charge is 0.465 e. The molecule has 0 aliphatic carbocycles. The number of esters is 1. The van der Waals surface area contributed by atoms with Crippen LogP contribution in [0.25, 0.3) is 0 Å². The van der Waals surface area contributed by atoms with Crippen LogP contribution in [0.15, 0.2) is 30.3 Å². The molecule has 14 heteroatoms. The lowest BCUT2D eigenvalue weighted by atomic mass is 10.1. The number of hydrogen-bond acceptors (Lipinski definition) is 8. The van der Waals surface area contributed by atoms with Crippen LogP contribution in [0.5, 0.6) is 0 Å². The van der Waals surface area contributed by atoms with Gasteiger partial charge in [-0.05, 0) is 18.9 Å². The summed E-state index contributed by atoms with van der Waals surface area (Å²) in [4.78, 5) is 54.0. The number of hydrogen-bond donors (Lipinski definition) is 4. The van der Waals surface area contributed by atoms with E-state index in [2.05, 4.69) is 10.6 Å². The quantitative estimate of drug-likeness (QED) is 0.141. The fourth-order valence-corrected chi connectivity index (χ4v) is 3.85. The van der Waals surface area contributed by atoms with E-state index in [4.69, 9.17) is 25.4 Å². The summed E-state index contributed by atoms with van der Waals surface area (Å²) in [6, 6.07) is 7.74. The van der Waals surface area contributed by atoms with Gasteiger partial charge in [0.1, 0.15) is 19.2 Å². The molecule has 1 aromatic carbocycles. The van der Waals surface area contributed by atoms with Crippen LogP contribution in [0.4, 0.5) is 4.79 Å². The highest BCUT2D eigenvalue weighted by Gasteiger charge is 2.31. The third-order valence-electron chi connectivity index (χ3n) is 5.92. The molecule has 224 valence electrons. The summed E-state index contributed by atoms with van der Waals surface area (Å²) in [5.74, 6) is -1.76. The number of nitrogens with one attached hydrogen (secondary N) is 3. The minimum atomic E-state index is -1.28. The zero-order chi connectivity index (χ0) is 28.6. The second-order valence-corrected chi connectivity index (χ2v) is 9.01. The lowest BCUT2D eigenvalue weighted by Crippen LogP contribution is -2.53. The summed E-state index contributed by atoms with van der Waals surface area (Å²) in [5, 5.41) is 12.8. The Kier molecular flexibility index (Phi) is 16.1. The number of nitrogens with zero attached hydrogens (tertiary/aromatic N) is 2. The zero-order valence-electron chi connectivity index (χ0n) is 23.1. The molecular weight excluding hydrogens is 544 g/mol. The average molecular weight is 585 g/mol. The summed E-state index contributed by atoms with van der Waals surface area (Å²) >= 11 is 0. The van der Waals surface area contributed by atoms with Crippen LogP contribution in [0.1, 0.15) is 38.7 Å². The van der Waals surface area contributed by atoms with Crippen LogP contribution in [-0.2, 0) is 35.2 Å². The Morgan fingerprint density at radius 2 is 1.93 bits per heavy atom. The van der Waals surface area contributed by atoms with Crippen molar-refractivity contribution >= 4 is 42.2 Å². The van der Waals surface area contributed by atoms with E-state index in [-0.39, 0.29) is 57.6 Å². The number of guanidine groups is 1. The van der Waals surface area contributed by atoms with Gasteiger partial charge in [-0.15, -0.1) is 12.4 Å². The maximum absolute atomic E-state index is 13.5. The lowest BCUT2D eigenvalue weighted by Gasteiger charge is -2.33. The first-order valence-corrected chi connectivity index (χ1v) is 13.1. The zero-order valence-corrected chi connectivity index (χ0v) is 23.9. The lowest BCUT2D eigenvalue weighted by molar-refractivity contribution is -0.149. The Bertz CT molecular complexity index is 968. The molecule has 0 bridgehead atoms. The van der Waals surface area contributed by atoms with Crippen LogP contribution in [0.3, 0.4) is 0 Å². The van der Waals surface area contributed by atoms with Crippen molar-refractivity contribution in [2.45, 2.75) is 51.9 Å². The Balaban J connectivity index is 0.00000800. The third kappa shape index (κ3) is 12.5. The number of rotatable bonds is 14. The molecular formula is C26H41ClN6O7. The number of carbonyl (C=O) groups is 4. The van der Waals surface area contributed by atoms with E-state index in [9.17, 15) is 19.2 Å². The first-order valence-electron chi connectivity index (χ1n) is 13.1. The Hall–Kier alpha value is -3.58. The Morgan fingerprint density at radius 3 is 2.58 bits per heavy atom. The van der Waals surface area contributed by atoms with Gasteiger partial charge in [-0.1, -0.05) is 43.7 Å². The van der Waals surface area contributed by atoms with Gasteiger partial charge in [0.2, 0.25) is 11.8 Å². The summed E-state index contributed by atoms with van der Waals surface area (Å²) in [6.07, 6.45) is -0.260. The van der Waals surface area contributed by atoms with E-state index in [1.54, 1.807) is 36.1 Å². The van der Waals surface area contributed by atoms with Crippen molar-refractivity contribution in [1.29, 1.82) is 5.41 Å². The number of benzene rings is 1. The van der Waals surface area contributed by atoms with E-state index >= 15 is 0 Å². The van der Waals surface area contributed by atoms with E-state index in [0.29, 0.717) is 26.1 Å². The number of halogens is 1. The molecule has 3 amide bonds. The van der Waals surface area contributed by atoms with Crippen molar-refractivity contribution < 1.29 is 33.4 Å². The molecule has 1 fully saturated rings. The number of carbonyl (C=O) groups excluding carboxylic acids is 4. The molecule has 13 nitrogen and oxygen atoms in total. The molecule has 1 aliphatic rings. The molecule has 1 unspecified atom stereocenters. The van der Waals surface area contributed by atoms with E-state index in [1.807, 2.05) is 13.0 Å². The Labute approximate surface area is 241 Å². The van der Waals surface area contributed by atoms with Crippen molar-refractivity contribution in [2.24, 2.45) is 5.73 Å². The van der Waals surface area contributed by atoms with Gasteiger partial charge in [0, 0.05) is 26.2 Å². The predicted octanol–water partition coefficient (Wildman–Crippen LogP) is 0.996. The van der Waals surface area contributed by atoms with Crippen molar-refractivity contribution in [3.8, 4) is 0 Å². The van der Waals surface area contributed by atoms with Crippen LogP contribution in [0.2, 0.25) is 0 Å². The first kappa shape index (κ1) is 34.4. The van der Waals surface area contributed by atoms with E-state index < -0.39 is 36.0 Å². The molecule has 0 aromatic heterocycles. The molecule has 1 aliphatic heterocycles. The normalized spacial score (nSPS) is 15.2. The van der Waals surface area contributed by atoms with E-state index in [0.717, 1.165) is 12.0 Å². The Morgan fingerprint density at radius 1 is 1.20 bits per heavy atom. The number of ether oxygens (including phenoxy) is 3. The molecule has 2 atom stereocenters. The fourth-order valence-electron chi connectivity index (χ4n) is 3.85. The summed E-state index contributed by atoms with van der Waals surface area (Å²) in [6.45, 7) is 5.01. The van der Waals surface area contributed by atoms with Crippen LogP contribution < -0.4 is 16.4 Å². The van der Waals surface area contributed by atoms with Gasteiger partial charge in [-0.2, -0.15) is 0 Å². The molecule has 0 radical (unpaired) electrons. The van der Waals surface area contributed by atoms with Gasteiger partial charge >= 0.3 is 12.1 Å². The van der Waals surface area contributed by atoms with Gasteiger partial charge < -0.3 is 40.4 Å². The summed E-state index contributed by atoms with van der Waals surface area (Å²) in [7, 11) is 0. The molecule has 1 aromatic rings. The van der Waals surface area contributed by atoms with Gasteiger partial charge in [-0.3, -0.25) is 19.8 Å².